The summed E-state index contributed by atoms with van der Waals surface area (Å²) in [5.41, 5.74) is 2.20. The Kier molecular flexibility index (Phi) is 8.30. The number of amides is 2. The first-order chi connectivity index (χ1) is 17.4. The van der Waals surface area contributed by atoms with Crippen molar-refractivity contribution < 1.29 is 23.5 Å². The van der Waals surface area contributed by atoms with Crippen LogP contribution < -0.4 is 15.0 Å². The molecule has 0 saturated heterocycles. The van der Waals surface area contributed by atoms with Gasteiger partial charge >= 0.3 is 0 Å². The van der Waals surface area contributed by atoms with Gasteiger partial charge in [0.25, 0.3) is 5.91 Å². The second-order valence-corrected chi connectivity index (χ2v) is 9.55. The summed E-state index contributed by atoms with van der Waals surface area (Å²) in [5.74, 6) is 0.370. The van der Waals surface area contributed by atoms with E-state index in [0.29, 0.717) is 36.9 Å². The first kappa shape index (κ1) is 25.8. The van der Waals surface area contributed by atoms with Gasteiger partial charge in [-0.25, -0.2) is 9.37 Å². The number of methoxy groups -OCH3 is 1. The molecule has 2 aromatic rings. The van der Waals surface area contributed by atoms with Gasteiger partial charge in [-0.05, 0) is 63.8 Å². The second kappa shape index (κ2) is 11.6. The predicted octanol–water partition coefficient (Wildman–Crippen LogP) is 3.93. The van der Waals surface area contributed by atoms with Gasteiger partial charge in [-0.1, -0.05) is 0 Å². The Hall–Kier alpha value is -3.33. The van der Waals surface area contributed by atoms with Crippen LogP contribution in [-0.2, 0) is 16.0 Å². The third-order valence-electron chi connectivity index (χ3n) is 6.55. The number of rotatable bonds is 8. The molecule has 36 heavy (non-hydrogen) atoms. The number of amidine groups is 1. The number of benzene rings is 1. The summed E-state index contributed by atoms with van der Waals surface area (Å²) in [7, 11) is 1.61. The van der Waals surface area contributed by atoms with E-state index >= 15 is 0 Å². The summed E-state index contributed by atoms with van der Waals surface area (Å²) >= 11 is 0. The lowest BCUT2D eigenvalue weighted by Crippen LogP contribution is -2.44. The van der Waals surface area contributed by atoms with E-state index in [-0.39, 0.29) is 23.9 Å². The van der Waals surface area contributed by atoms with E-state index in [9.17, 15) is 14.0 Å². The maximum atomic E-state index is 13.3. The number of halogens is 1. The van der Waals surface area contributed by atoms with E-state index in [0.717, 1.165) is 36.9 Å². The van der Waals surface area contributed by atoms with Crippen molar-refractivity contribution in [1.82, 2.24) is 10.3 Å². The number of pyridine rings is 1. The standard InChI is InChI=1S/C27H33FN4O4/c1-17(2)30-26(33)19-6-10-22(11-7-19)32-23-15-25(36-13-12-35-3)29-16-20(23)14-24(32)31-27(34)18-4-8-21(28)9-5-18/h4-5,8-9,15-17,19,22H,6-7,10-14H2,1-3H3,(H,30,33). The molecule has 1 aliphatic heterocycles. The Morgan fingerprint density at radius 1 is 1.17 bits per heavy atom. The van der Waals surface area contributed by atoms with Crippen LogP contribution in [0.4, 0.5) is 10.1 Å². The number of carbonyl (C=O) groups is 2. The number of aromatic nitrogens is 1. The molecule has 2 amide bonds. The number of ether oxygens (including phenoxy) is 2. The number of nitrogens with one attached hydrogen (secondary N) is 1. The van der Waals surface area contributed by atoms with E-state index in [2.05, 4.69) is 20.2 Å². The zero-order valence-corrected chi connectivity index (χ0v) is 21.0. The van der Waals surface area contributed by atoms with Gasteiger partial charge in [-0.15, -0.1) is 0 Å². The van der Waals surface area contributed by atoms with Crippen LogP contribution in [0.3, 0.4) is 0 Å². The summed E-state index contributed by atoms with van der Waals surface area (Å²) < 4.78 is 24.1. The summed E-state index contributed by atoms with van der Waals surface area (Å²) in [6.07, 6.45) is 5.33. The maximum Gasteiger partial charge on any atom is 0.278 e. The quantitative estimate of drug-likeness (QED) is 0.557. The topological polar surface area (TPSA) is 93.1 Å². The molecular weight excluding hydrogens is 463 g/mol. The first-order valence-corrected chi connectivity index (χ1v) is 12.4. The number of fused-ring (bicyclic) bond motifs is 1. The number of anilines is 1. The lowest BCUT2D eigenvalue weighted by Gasteiger charge is -2.36. The van der Waals surface area contributed by atoms with Gasteiger partial charge in [-0.2, -0.15) is 4.99 Å². The van der Waals surface area contributed by atoms with Crippen molar-refractivity contribution in [3.8, 4) is 5.88 Å². The smallest absolute Gasteiger partial charge is 0.278 e. The molecule has 1 saturated carbocycles. The molecule has 1 N–H and O–H groups in total. The summed E-state index contributed by atoms with van der Waals surface area (Å²) in [6.45, 7) is 4.75. The molecule has 0 spiro atoms. The zero-order valence-electron chi connectivity index (χ0n) is 21.0. The molecule has 0 atom stereocenters. The fourth-order valence-electron chi connectivity index (χ4n) is 4.79. The lowest BCUT2D eigenvalue weighted by atomic mass is 9.84. The van der Waals surface area contributed by atoms with Crippen molar-refractivity contribution in [3.05, 3.63) is 53.5 Å². The van der Waals surface area contributed by atoms with Gasteiger partial charge in [0, 0.05) is 54.9 Å². The van der Waals surface area contributed by atoms with E-state index < -0.39 is 11.7 Å². The van der Waals surface area contributed by atoms with Crippen LogP contribution in [0.5, 0.6) is 5.88 Å². The largest absolute Gasteiger partial charge is 0.475 e. The van der Waals surface area contributed by atoms with Crippen molar-refractivity contribution in [1.29, 1.82) is 0 Å². The van der Waals surface area contributed by atoms with Gasteiger partial charge in [-0.3, -0.25) is 9.59 Å². The highest BCUT2D eigenvalue weighted by molar-refractivity contribution is 6.12. The Labute approximate surface area is 210 Å². The van der Waals surface area contributed by atoms with Gasteiger partial charge in [0.2, 0.25) is 11.8 Å². The molecule has 1 fully saturated rings. The van der Waals surface area contributed by atoms with Crippen LogP contribution in [0.15, 0.2) is 41.5 Å². The third kappa shape index (κ3) is 6.07. The molecule has 0 bridgehead atoms. The van der Waals surface area contributed by atoms with Crippen LogP contribution in [0, 0.1) is 11.7 Å². The Morgan fingerprint density at radius 3 is 2.56 bits per heavy atom. The molecule has 0 unspecified atom stereocenters. The number of aliphatic imine (C=N–C) groups is 1. The molecule has 4 rings (SSSR count). The number of hydrogen-bond acceptors (Lipinski definition) is 5. The van der Waals surface area contributed by atoms with Crippen LogP contribution >= 0.6 is 0 Å². The Balaban J connectivity index is 1.58. The number of hydrogen-bond donors (Lipinski definition) is 1. The minimum Gasteiger partial charge on any atom is -0.475 e. The monoisotopic (exact) mass is 496 g/mol. The molecule has 0 radical (unpaired) electrons. The fraction of sp³-hybridized carbons (Fsp3) is 0.481. The fourth-order valence-corrected chi connectivity index (χ4v) is 4.79. The number of nitrogens with zero attached hydrogens (tertiary/aromatic N) is 3. The maximum absolute atomic E-state index is 13.3. The molecule has 8 nitrogen and oxygen atoms in total. The van der Waals surface area contributed by atoms with Crippen molar-refractivity contribution >= 4 is 23.3 Å². The van der Waals surface area contributed by atoms with Crippen molar-refractivity contribution in [3.63, 3.8) is 0 Å². The van der Waals surface area contributed by atoms with Crippen molar-refractivity contribution in [2.24, 2.45) is 10.9 Å². The average molecular weight is 497 g/mol. The minimum absolute atomic E-state index is 0.0164. The first-order valence-electron chi connectivity index (χ1n) is 12.4. The van der Waals surface area contributed by atoms with Gasteiger partial charge in [0.05, 0.1) is 12.3 Å². The van der Waals surface area contributed by atoms with Gasteiger partial charge in [0.15, 0.2) is 0 Å². The molecule has 192 valence electrons. The van der Waals surface area contributed by atoms with Gasteiger partial charge in [0.1, 0.15) is 18.3 Å². The predicted molar refractivity (Wildman–Crippen MR) is 135 cm³/mol. The molecule has 1 aromatic carbocycles. The molecule has 9 heteroatoms. The van der Waals surface area contributed by atoms with Crippen LogP contribution in [-0.4, -0.2) is 55.0 Å². The Morgan fingerprint density at radius 2 is 1.89 bits per heavy atom. The summed E-state index contributed by atoms with van der Waals surface area (Å²) in [5, 5.41) is 3.02. The lowest BCUT2D eigenvalue weighted by molar-refractivity contribution is -0.126. The zero-order chi connectivity index (χ0) is 25.7. The van der Waals surface area contributed by atoms with Crippen LogP contribution in [0.1, 0.15) is 55.5 Å². The third-order valence-corrected chi connectivity index (χ3v) is 6.55. The second-order valence-electron chi connectivity index (χ2n) is 9.55. The van der Waals surface area contributed by atoms with Crippen LogP contribution in [0.25, 0.3) is 0 Å². The SMILES string of the molecule is COCCOc1cc2c(cn1)CC(=NC(=O)c1ccc(F)cc1)N2C1CCC(C(=O)NC(C)C)CC1. The van der Waals surface area contributed by atoms with Gasteiger partial charge < -0.3 is 19.7 Å². The summed E-state index contributed by atoms with van der Waals surface area (Å²) in [4.78, 5) is 36.4. The number of carbonyl (C=O) groups excluding carboxylic acids is 2. The highest BCUT2D eigenvalue weighted by Crippen LogP contribution is 2.38. The molecular formula is C27H33FN4O4. The molecule has 2 heterocycles. The Bertz CT molecular complexity index is 1110. The van der Waals surface area contributed by atoms with Crippen molar-refractivity contribution in [2.45, 2.75) is 58.0 Å². The average Bonchev–Trinajstić information content (AvgIpc) is 3.21. The normalized spacial score (nSPS) is 20.5. The van der Waals surface area contributed by atoms with E-state index in [1.807, 2.05) is 19.9 Å². The minimum atomic E-state index is -0.419. The van der Waals surface area contributed by atoms with E-state index in [1.54, 1.807) is 13.3 Å². The molecule has 1 aromatic heterocycles. The van der Waals surface area contributed by atoms with Crippen LogP contribution in [0.2, 0.25) is 0 Å². The van der Waals surface area contributed by atoms with E-state index in [4.69, 9.17) is 9.47 Å². The molecule has 1 aliphatic carbocycles. The summed E-state index contributed by atoms with van der Waals surface area (Å²) in [6, 6.07) is 7.47. The highest BCUT2D eigenvalue weighted by atomic mass is 19.1. The highest BCUT2D eigenvalue weighted by Gasteiger charge is 2.36. The molecule has 2 aliphatic rings. The van der Waals surface area contributed by atoms with E-state index in [1.165, 1.54) is 24.3 Å². The van der Waals surface area contributed by atoms with Crippen molar-refractivity contribution in [2.75, 3.05) is 25.2 Å².